The summed E-state index contributed by atoms with van der Waals surface area (Å²) < 4.78 is 28.6. The smallest absolute Gasteiger partial charge is 0.248 e. The molecule has 2 unspecified atom stereocenters. The Balaban J connectivity index is 1.85. The Morgan fingerprint density at radius 2 is 1.64 bits per heavy atom. The van der Waals surface area contributed by atoms with E-state index in [0.29, 0.717) is 18.5 Å². The van der Waals surface area contributed by atoms with Gasteiger partial charge in [0.2, 0.25) is 15.9 Å². The molecule has 1 saturated carbocycles. The van der Waals surface area contributed by atoms with Gasteiger partial charge in [-0.25, -0.2) is 18.6 Å². The molecule has 9 heteroatoms. The molecule has 0 saturated heterocycles. The lowest BCUT2D eigenvalue weighted by atomic mass is 9.85. The first-order chi connectivity index (χ1) is 13.5. The fourth-order valence-electron chi connectivity index (χ4n) is 3.30. The number of hydroxylamine groups is 1. The molecule has 8 nitrogen and oxygen atoms in total. The summed E-state index contributed by atoms with van der Waals surface area (Å²) >= 11 is 0. The van der Waals surface area contributed by atoms with E-state index < -0.39 is 27.9 Å². The van der Waals surface area contributed by atoms with Crippen LogP contribution in [0.25, 0.3) is 0 Å². The van der Waals surface area contributed by atoms with Crippen LogP contribution in [0, 0.1) is 5.92 Å². The maximum atomic E-state index is 13.0. The Morgan fingerprint density at radius 1 is 0.964 bits per heavy atom. The van der Waals surface area contributed by atoms with E-state index in [1.165, 1.54) is 6.07 Å². The van der Waals surface area contributed by atoms with E-state index in [-0.39, 0.29) is 10.6 Å². The van der Waals surface area contributed by atoms with Crippen molar-refractivity contribution in [3.8, 4) is 0 Å². The van der Waals surface area contributed by atoms with Crippen LogP contribution >= 0.6 is 0 Å². The van der Waals surface area contributed by atoms with E-state index in [4.69, 9.17) is 5.21 Å². The summed E-state index contributed by atoms with van der Waals surface area (Å²) in [6.45, 7) is 0. The molecule has 148 valence electrons. The molecule has 0 bridgehead atoms. The van der Waals surface area contributed by atoms with Gasteiger partial charge < -0.3 is 0 Å². The van der Waals surface area contributed by atoms with Crippen LogP contribution in [0.1, 0.15) is 25.7 Å². The minimum absolute atomic E-state index is 0.0107. The van der Waals surface area contributed by atoms with Crippen molar-refractivity contribution in [2.45, 2.75) is 36.6 Å². The van der Waals surface area contributed by atoms with Crippen LogP contribution in [0.4, 0.5) is 11.4 Å². The third-order valence-corrected chi connectivity index (χ3v) is 6.24. The van der Waals surface area contributed by atoms with Gasteiger partial charge in [-0.2, -0.15) is 5.11 Å². The van der Waals surface area contributed by atoms with Gasteiger partial charge >= 0.3 is 0 Å². The highest BCUT2D eigenvalue weighted by Crippen LogP contribution is 2.29. The van der Waals surface area contributed by atoms with E-state index in [9.17, 15) is 13.2 Å². The molecule has 0 heterocycles. The minimum atomic E-state index is -3.93. The standard InChI is InChI=1S/C19H22N4O4S/c24-19(22-25)15-10-4-5-11-16(15)23-28(26,27)18-13-7-6-12-17(18)21-20-14-8-2-1-3-9-14/h1-3,6-9,12-13,15-16,23,25H,4-5,10-11H2,(H,22,24). The van der Waals surface area contributed by atoms with Gasteiger partial charge in [0.25, 0.3) is 0 Å². The normalized spacial score (nSPS) is 20.2. The quantitative estimate of drug-likeness (QED) is 0.389. The number of sulfonamides is 1. The summed E-state index contributed by atoms with van der Waals surface area (Å²) in [6, 6.07) is 14.7. The van der Waals surface area contributed by atoms with Crippen LogP contribution < -0.4 is 10.2 Å². The molecule has 1 fully saturated rings. The van der Waals surface area contributed by atoms with Crippen LogP contribution in [0.5, 0.6) is 0 Å². The summed E-state index contributed by atoms with van der Waals surface area (Å²) in [7, 11) is -3.93. The van der Waals surface area contributed by atoms with Gasteiger partial charge in [-0.15, -0.1) is 5.11 Å². The Hall–Kier alpha value is -2.62. The molecule has 2 atom stereocenters. The fraction of sp³-hybridized carbons (Fsp3) is 0.316. The SMILES string of the molecule is O=C(NO)C1CCCCC1NS(=O)(=O)c1ccccc1N=Nc1ccccc1. The van der Waals surface area contributed by atoms with Gasteiger partial charge in [0.05, 0.1) is 11.6 Å². The molecular weight excluding hydrogens is 380 g/mol. The number of hydrogen-bond donors (Lipinski definition) is 3. The van der Waals surface area contributed by atoms with Gasteiger partial charge in [-0.05, 0) is 37.1 Å². The molecule has 2 aromatic rings. The molecule has 2 aromatic carbocycles. The van der Waals surface area contributed by atoms with Crippen molar-refractivity contribution < 1.29 is 18.4 Å². The number of azo groups is 1. The van der Waals surface area contributed by atoms with Crippen LogP contribution in [0.2, 0.25) is 0 Å². The lowest BCUT2D eigenvalue weighted by Crippen LogP contribution is -2.47. The summed E-state index contributed by atoms with van der Waals surface area (Å²) in [5.41, 5.74) is 2.45. The van der Waals surface area contributed by atoms with Crippen LogP contribution in [0.3, 0.4) is 0 Å². The highest BCUT2D eigenvalue weighted by molar-refractivity contribution is 7.89. The number of nitrogens with zero attached hydrogens (tertiary/aromatic N) is 2. The van der Waals surface area contributed by atoms with Crippen molar-refractivity contribution >= 4 is 27.3 Å². The molecule has 0 aromatic heterocycles. The first-order valence-corrected chi connectivity index (χ1v) is 10.5. The molecule has 0 radical (unpaired) electrons. The Morgan fingerprint density at radius 3 is 2.39 bits per heavy atom. The van der Waals surface area contributed by atoms with Crippen LogP contribution in [0.15, 0.2) is 69.7 Å². The minimum Gasteiger partial charge on any atom is -0.289 e. The molecule has 1 aliphatic carbocycles. The molecule has 3 rings (SSSR count). The average Bonchev–Trinajstić information content (AvgIpc) is 2.73. The molecule has 0 aliphatic heterocycles. The van der Waals surface area contributed by atoms with Gasteiger partial charge in [0.1, 0.15) is 10.6 Å². The zero-order valence-corrected chi connectivity index (χ0v) is 16.0. The number of benzene rings is 2. The third kappa shape index (κ3) is 4.80. The van der Waals surface area contributed by atoms with E-state index in [1.807, 2.05) is 18.2 Å². The lowest BCUT2D eigenvalue weighted by molar-refractivity contribution is -0.135. The molecular formula is C19H22N4O4S. The van der Waals surface area contributed by atoms with Crippen molar-refractivity contribution in [1.82, 2.24) is 10.2 Å². The van der Waals surface area contributed by atoms with Crippen LogP contribution in [-0.4, -0.2) is 25.6 Å². The number of amides is 1. The first kappa shape index (κ1) is 20.1. The zero-order chi connectivity index (χ0) is 20.0. The predicted molar refractivity (Wildman–Crippen MR) is 103 cm³/mol. The van der Waals surface area contributed by atoms with Crippen LogP contribution in [-0.2, 0) is 14.8 Å². The average molecular weight is 402 g/mol. The number of nitrogens with one attached hydrogen (secondary N) is 2. The first-order valence-electron chi connectivity index (χ1n) is 9.03. The molecule has 28 heavy (non-hydrogen) atoms. The van der Waals surface area contributed by atoms with Gasteiger partial charge in [-0.3, -0.25) is 10.0 Å². The Kier molecular flexibility index (Phi) is 6.50. The van der Waals surface area contributed by atoms with E-state index in [0.717, 1.165) is 12.8 Å². The van der Waals surface area contributed by atoms with Crippen molar-refractivity contribution in [3.05, 3.63) is 54.6 Å². The molecule has 0 spiro atoms. The van der Waals surface area contributed by atoms with Gasteiger partial charge in [-0.1, -0.05) is 43.2 Å². The van der Waals surface area contributed by atoms with Crippen molar-refractivity contribution in [3.63, 3.8) is 0 Å². The monoisotopic (exact) mass is 402 g/mol. The second-order valence-corrected chi connectivity index (χ2v) is 8.28. The lowest BCUT2D eigenvalue weighted by Gasteiger charge is -2.30. The third-order valence-electron chi connectivity index (χ3n) is 4.70. The van der Waals surface area contributed by atoms with Crippen molar-refractivity contribution in [2.24, 2.45) is 16.1 Å². The largest absolute Gasteiger partial charge is 0.289 e. The van der Waals surface area contributed by atoms with E-state index in [2.05, 4.69) is 15.0 Å². The number of carbonyl (C=O) groups is 1. The maximum Gasteiger partial charge on any atom is 0.248 e. The van der Waals surface area contributed by atoms with Gasteiger partial charge in [0.15, 0.2) is 0 Å². The second-order valence-electron chi connectivity index (χ2n) is 6.60. The highest BCUT2D eigenvalue weighted by atomic mass is 32.2. The summed E-state index contributed by atoms with van der Waals surface area (Å²) in [5, 5.41) is 17.1. The predicted octanol–water partition coefficient (Wildman–Crippen LogP) is 3.44. The fourth-order valence-corrected chi connectivity index (χ4v) is 4.75. The Bertz CT molecular complexity index is 947. The molecule has 1 aliphatic rings. The number of carbonyl (C=O) groups excluding carboxylic acids is 1. The highest BCUT2D eigenvalue weighted by Gasteiger charge is 2.34. The second kappa shape index (κ2) is 9.05. The maximum absolute atomic E-state index is 13.0. The summed E-state index contributed by atoms with van der Waals surface area (Å²) in [4.78, 5) is 11.9. The number of hydrogen-bond acceptors (Lipinski definition) is 6. The summed E-state index contributed by atoms with van der Waals surface area (Å²) in [5.74, 6) is -1.20. The van der Waals surface area contributed by atoms with Gasteiger partial charge in [0, 0.05) is 6.04 Å². The van der Waals surface area contributed by atoms with Crippen molar-refractivity contribution in [2.75, 3.05) is 0 Å². The topological polar surface area (TPSA) is 120 Å². The van der Waals surface area contributed by atoms with E-state index >= 15 is 0 Å². The molecule has 1 amide bonds. The zero-order valence-electron chi connectivity index (χ0n) is 15.2. The number of rotatable bonds is 6. The molecule has 3 N–H and O–H groups in total. The Labute approximate surface area is 163 Å². The van der Waals surface area contributed by atoms with Crippen molar-refractivity contribution in [1.29, 1.82) is 0 Å². The summed E-state index contributed by atoms with van der Waals surface area (Å²) in [6.07, 6.45) is 2.63. The van der Waals surface area contributed by atoms with E-state index in [1.54, 1.807) is 35.8 Å².